The lowest BCUT2D eigenvalue weighted by Crippen LogP contribution is -2.00. The van der Waals surface area contributed by atoms with Gasteiger partial charge in [0.05, 0.1) is 0 Å². The minimum atomic E-state index is 0.152. The maximum absolute atomic E-state index is 10.9. The monoisotopic (exact) mass is 174 g/mol. The number of hydrogen-bond acceptors (Lipinski definition) is 1. The molecule has 1 aliphatic rings. The summed E-state index contributed by atoms with van der Waals surface area (Å²) in [7, 11) is 0. The van der Waals surface area contributed by atoms with Crippen molar-refractivity contribution in [3.8, 4) is 0 Å². The molecule has 0 spiro atoms. The van der Waals surface area contributed by atoms with E-state index < -0.39 is 0 Å². The van der Waals surface area contributed by atoms with Gasteiger partial charge < -0.3 is 4.79 Å². The van der Waals surface area contributed by atoms with E-state index in [4.69, 9.17) is 0 Å². The Morgan fingerprint density at radius 1 is 1.23 bits per heavy atom. The van der Waals surface area contributed by atoms with E-state index in [1.165, 1.54) is 24.0 Å². The molecular formula is C12H14O. The summed E-state index contributed by atoms with van der Waals surface area (Å²) in [6.07, 6.45) is 5.67. The fourth-order valence-electron chi connectivity index (χ4n) is 2.10. The van der Waals surface area contributed by atoms with Crippen LogP contribution in [0.2, 0.25) is 0 Å². The molecule has 1 aromatic carbocycles. The zero-order valence-corrected chi connectivity index (χ0v) is 7.70. The van der Waals surface area contributed by atoms with Gasteiger partial charge in [-0.05, 0) is 30.4 Å². The summed E-state index contributed by atoms with van der Waals surface area (Å²) in [5, 5.41) is 0. The second-order valence-electron chi connectivity index (χ2n) is 3.69. The third-order valence-corrected chi connectivity index (χ3v) is 2.83. The Morgan fingerprint density at radius 3 is 2.92 bits per heavy atom. The molecule has 0 unspecified atom stereocenters. The van der Waals surface area contributed by atoms with Gasteiger partial charge in [0.1, 0.15) is 6.29 Å². The number of benzene rings is 1. The van der Waals surface area contributed by atoms with Gasteiger partial charge in [-0.15, -0.1) is 0 Å². The van der Waals surface area contributed by atoms with Crippen LogP contribution < -0.4 is 0 Å². The maximum Gasteiger partial charge on any atom is 0.127 e. The minimum absolute atomic E-state index is 0.152. The van der Waals surface area contributed by atoms with Crippen LogP contribution in [0.3, 0.4) is 0 Å². The van der Waals surface area contributed by atoms with E-state index in [1.807, 2.05) is 6.07 Å². The molecule has 0 radical (unpaired) electrons. The molecule has 0 saturated heterocycles. The van der Waals surface area contributed by atoms with Gasteiger partial charge >= 0.3 is 0 Å². The second kappa shape index (κ2) is 3.73. The zero-order chi connectivity index (χ0) is 9.10. The molecule has 0 saturated carbocycles. The van der Waals surface area contributed by atoms with E-state index >= 15 is 0 Å². The predicted molar refractivity (Wildman–Crippen MR) is 52.8 cm³/mol. The van der Waals surface area contributed by atoms with Gasteiger partial charge in [-0.3, -0.25) is 0 Å². The Balaban J connectivity index is 2.41. The lowest BCUT2D eigenvalue weighted by atomic mass is 9.94. The summed E-state index contributed by atoms with van der Waals surface area (Å²) in [6.45, 7) is 0. The lowest BCUT2D eigenvalue weighted by Gasteiger charge is -2.09. The van der Waals surface area contributed by atoms with Gasteiger partial charge in [-0.2, -0.15) is 0 Å². The molecule has 0 aliphatic heterocycles. The summed E-state index contributed by atoms with van der Waals surface area (Å²) in [5.74, 6) is 0.152. The van der Waals surface area contributed by atoms with Crippen LogP contribution in [-0.4, -0.2) is 6.29 Å². The van der Waals surface area contributed by atoms with Crippen molar-refractivity contribution in [1.29, 1.82) is 0 Å². The number of aryl methyl sites for hydroxylation is 1. The van der Waals surface area contributed by atoms with Gasteiger partial charge in [-0.25, -0.2) is 0 Å². The first-order chi connectivity index (χ1) is 6.42. The molecule has 0 amide bonds. The fraction of sp³-hybridized carbons (Fsp3) is 0.417. The van der Waals surface area contributed by atoms with E-state index in [0.717, 1.165) is 19.1 Å². The van der Waals surface area contributed by atoms with E-state index in [-0.39, 0.29) is 5.92 Å². The molecule has 1 heteroatoms. The van der Waals surface area contributed by atoms with Crippen molar-refractivity contribution in [3.05, 3.63) is 35.4 Å². The van der Waals surface area contributed by atoms with Crippen LogP contribution in [-0.2, 0) is 11.2 Å². The molecule has 1 aromatic rings. The SMILES string of the molecule is O=C[C@H]1CCCCc2ccccc21. The van der Waals surface area contributed by atoms with Crippen molar-refractivity contribution >= 4 is 6.29 Å². The van der Waals surface area contributed by atoms with Crippen LogP contribution in [0, 0.1) is 0 Å². The van der Waals surface area contributed by atoms with Crippen molar-refractivity contribution in [2.24, 2.45) is 0 Å². The molecule has 2 rings (SSSR count). The van der Waals surface area contributed by atoms with Crippen LogP contribution in [0.25, 0.3) is 0 Å². The van der Waals surface area contributed by atoms with Crippen molar-refractivity contribution in [3.63, 3.8) is 0 Å². The first-order valence-electron chi connectivity index (χ1n) is 4.95. The van der Waals surface area contributed by atoms with Crippen LogP contribution in [0.4, 0.5) is 0 Å². The molecule has 0 N–H and O–H groups in total. The highest BCUT2D eigenvalue weighted by atomic mass is 16.1. The summed E-state index contributed by atoms with van der Waals surface area (Å²) < 4.78 is 0. The van der Waals surface area contributed by atoms with Crippen molar-refractivity contribution in [2.45, 2.75) is 31.6 Å². The smallest absolute Gasteiger partial charge is 0.127 e. The van der Waals surface area contributed by atoms with Gasteiger partial charge in [0.2, 0.25) is 0 Å². The van der Waals surface area contributed by atoms with Crippen LogP contribution in [0.5, 0.6) is 0 Å². The molecule has 1 nitrogen and oxygen atoms in total. The van der Waals surface area contributed by atoms with E-state index in [2.05, 4.69) is 18.2 Å². The zero-order valence-electron chi connectivity index (χ0n) is 7.70. The summed E-state index contributed by atoms with van der Waals surface area (Å²) in [6, 6.07) is 8.34. The van der Waals surface area contributed by atoms with Crippen molar-refractivity contribution in [1.82, 2.24) is 0 Å². The Labute approximate surface area is 78.8 Å². The van der Waals surface area contributed by atoms with Gasteiger partial charge in [0, 0.05) is 5.92 Å². The molecule has 0 bridgehead atoms. The van der Waals surface area contributed by atoms with Crippen molar-refractivity contribution in [2.75, 3.05) is 0 Å². The third kappa shape index (κ3) is 1.64. The van der Waals surface area contributed by atoms with Crippen LogP contribution in [0.15, 0.2) is 24.3 Å². The largest absolute Gasteiger partial charge is 0.303 e. The maximum atomic E-state index is 10.9. The molecule has 68 valence electrons. The average Bonchev–Trinajstić information content (AvgIpc) is 2.39. The minimum Gasteiger partial charge on any atom is -0.303 e. The summed E-state index contributed by atoms with van der Waals surface area (Å²) in [4.78, 5) is 10.9. The van der Waals surface area contributed by atoms with Gasteiger partial charge in [-0.1, -0.05) is 30.7 Å². The number of rotatable bonds is 1. The molecular weight excluding hydrogens is 160 g/mol. The highest BCUT2D eigenvalue weighted by molar-refractivity contribution is 5.63. The second-order valence-corrected chi connectivity index (χ2v) is 3.69. The Hall–Kier alpha value is -1.11. The third-order valence-electron chi connectivity index (χ3n) is 2.83. The molecule has 1 atom stereocenters. The first kappa shape index (κ1) is 8.49. The van der Waals surface area contributed by atoms with Crippen LogP contribution in [0.1, 0.15) is 36.3 Å². The number of aldehydes is 1. The Bertz CT molecular complexity index is 304. The fourth-order valence-corrected chi connectivity index (χ4v) is 2.10. The number of carbonyl (C=O) groups excluding carboxylic acids is 1. The highest BCUT2D eigenvalue weighted by Gasteiger charge is 2.16. The quantitative estimate of drug-likeness (QED) is 0.472. The van der Waals surface area contributed by atoms with E-state index in [1.54, 1.807) is 0 Å². The number of fused-ring (bicyclic) bond motifs is 1. The highest BCUT2D eigenvalue weighted by Crippen LogP contribution is 2.28. The molecule has 0 fully saturated rings. The Kier molecular flexibility index (Phi) is 2.44. The predicted octanol–water partition coefficient (Wildman–Crippen LogP) is 2.70. The van der Waals surface area contributed by atoms with Crippen molar-refractivity contribution < 1.29 is 4.79 Å². The standard InChI is InChI=1S/C12H14O/c13-9-11-7-2-1-5-10-6-3-4-8-12(10)11/h3-4,6,8-9,11H,1-2,5,7H2/t11-/m1/s1. The van der Waals surface area contributed by atoms with E-state index in [9.17, 15) is 4.79 Å². The molecule has 0 aromatic heterocycles. The molecule has 1 aliphatic carbocycles. The molecule has 13 heavy (non-hydrogen) atoms. The summed E-state index contributed by atoms with van der Waals surface area (Å²) in [5.41, 5.74) is 2.63. The lowest BCUT2D eigenvalue weighted by molar-refractivity contribution is -0.109. The Morgan fingerprint density at radius 2 is 2.08 bits per heavy atom. The van der Waals surface area contributed by atoms with E-state index in [0.29, 0.717) is 0 Å². The topological polar surface area (TPSA) is 17.1 Å². The first-order valence-corrected chi connectivity index (χ1v) is 4.95. The normalized spacial score (nSPS) is 21.7. The molecule has 0 heterocycles. The van der Waals surface area contributed by atoms with Gasteiger partial charge in [0.15, 0.2) is 0 Å². The number of hydrogen-bond donors (Lipinski definition) is 0. The average molecular weight is 174 g/mol. The van der Waals surface area contributed by atoms with Gasteiger partial charge in [0.25, 0.3) is 0 Å². The summed E-state index contributed by atoms with van der Waals surface area (Å²) >= 11 is 0. The number of carbonyl (C=O) groups is 1. The van der Waals surface area contributed by atoms with Crippen LogP contribution >= 0.6 is 0 Å².